The molecular formula is C6H6BrNO3. The van der Waals surface area contributed by atoms with Gasteiger partial charge in [0.2, 0.25) is 5.88 Å². The second-order valence-corrected chi connectivity index (χ2v) is 2.60. The standard InChI is InChI=1S/C6H6BrNO3/c1-10-6(9)3-2-4(7)11-5(3)8/h2H,8H2,1H3. The van der Waals surface area contributed by atoms with Crippen LogP contribution in [0.15, 0.2) is 15.2 Å². The molecule has 0 amide bonds. The van der Waals surface area contributed by atoms with Gasteiger partial charge < -0.3 is 14.9 Å². The molecular weight excluding hydrogens is 214 g/mol. The summed E-state index contributed by atoms with van der Waals surface area (Å²) in [7, 11) is 1.28. The summed E-state index contributed by atoms with van der Waals surface area (Å²) in [5, 5.41) is 0. The topological polar surface area (TPSA) is 65.5 Å². The van der Waals surface area contributed by atoms with E-state index in [1.807, 2.05) is 0 Å². The predicted molar refractivity (Wildman–Crippen MR) is 42.2 cm³/mol. The van der Waals surface area contributed by atoms with E-state index >= 15 is 0 Å². The van der Waals surface area contributed by atoms with Crippen LogP contribution < -0.4 is 5.73 Å². The van der Waals surface area contributed by atoms with Gasteiger partial charge in [-0.05, 0) is 15.9 Å². The van der Waals surface area contributed by atoms with Gasteiger partial charge in [-0.3, -0.25) is 0 Å². The molecule has 0 aliphatic heterocycles. The number of carbonyl (C=O) groups excluding carboxylic acids is 1. The van der Waals surface area contributed by atoms with Crippen molar-refractivity contribution in [3.63, 3.8) is 0 Å². The quantitative estimate of drug-likeness (QED) is 0.726. The number of rotatable bonds is 1. The molecule has 1 aromatic heterocycles. The normalized spacial score (nSPS) is 9.64. The van der Waals surface area contributed by atoms with Crippen LogP contribution in [0.4, 0.5) is 5.88 Å². The second kappa shape index (κ2) is 2.96. The lowest BCUT2D eigenvalue weighted by Crippen LogP contribution is -2.02. The lowest BCUT2D eigenvalue weighted by atomic mass is 10.3. The van der Waals surface area contributed by atoms with Gasteiger partial charge in [-0.25, -0.2) is 4.79 Å². The molecule has 4 nitrogen and oxygen atoms in total. The Morgan fingerprint density at radius 1 is 1.82 bits per heavy atom. The molecule has 1 rings (SSSR count). The van der Waals surface area contributed by atoms with Crippen LogP contribution in [0.1, 0.15) is 10.4 Å². The maximum atomic E-state index is 10.9. The molecule has 0 spiro atoms. The lowest BCUT2D eigenvalue weighted by Gasteiger charge is -1.93. The second-order valence-electron chi connectivity index (χ2n) is 1.82. The Labute approximate surface area is 71.4 Å². The number of furan rings is 1. The number of ether oxygens (including phenoxy) is 1. The largest absolute Gasteiger partial charge is 0.465 e. The molecule has 0 fully saturated rings. The Balaban J connectivity index is 3.03. The molecule has 0 aliphatic rings. The SMILES string of the molecule is COC(=O)c1cc(Br)oc1N. The number of carbonyl (C=O) groups is 1. The van der Waals surface area contributed by atoms with E-state index in [9.17, 15) is 4.79 Å². The van der Waals surface area contributed by atoms with Crippen LogP contribution in [0.25, 0.3) is 0 Å². The summed E-state index contributed by atoms with van der Waals surface area (Å²) in [6.45, 7) is 0. The van der Waals surface area contributed by atoms with E-state index in [-0.39, 0.29) is 11.4 Å². The number of nitrogens with two attached hydrogens (primary N) is 1. The molecule has 0 radical (unpaired) electrons. The summed E-state index contributed by atoms with van der Waals surface area (Å²) < 4.78 is 9.67. The molecule has 0 saturated heterocycles. The van der Waals surface area contributed by atoms with E-state index in [0.717, 1.165) is 0 Å². The summed E-state index contributed by atoms with van der Waals surface area (Å²) in [6, 6.07) is 1.46. The number of hydrogen-bond acceptors (Lipinski definition) is 4. The molecule has 0 unspecified atom stereocenters. The number of methoxy groups -OCH3 is 1. The van der Waals surface area contributed by atoms with Crippen LogP contribution in [0.5, 0.6) is 0 Å². The zero-order valence-corrected chi connectivity index (χ0v) is 7.34. The van der Waals surface area contributed by atoms with E-state index in [1.54, 1.807) is 0 Å². The molecule has 1 heterocycles. The minimum Gasteiger partial charge on any atom is -0.465 e. The molecule has 5 heteroatoms. The highest BCUT2D eigenvalue weighted by molar-refractivity contribution is 9.10. The molecule has 0 aliphatic carbocycles. The maximum absolute atomic E-state index is 10.9. The van der Waals surface area contributed by atoms with Gasteiger partial charge in [-0.15, -0.1) is 0 Å². The van der Waals surface area contributed by atoms with Crippen LogP contribution in [-0.4, -0.2) is 13.1 Å². The zero-order chi connectivity index (χ0) is 8.43. The third kappa shape index (κ3) is 1.54. The van der Waals surface area contributed by atoms with Crippen molar-refractivity contribution in [3.8, 4) is 0 Å². The minimum atomic E-state index is -0.503. The number of hydrogen-bond donors (Lipinski definition) is 1. The van der Waals surface area contributed by atoms with Crippen LogP contribution in [0.2, 0.25) is 0 Å². The first-order valence-corrected chi connectivity index (χ1v) is 3.57. The number of halogens is 1. The number of anilines is 1. The summed E-state index contributed by atoms with van der Waals surface area (Å²) in [4.78, 5) is 10.9. The van der Waals surface area contributed by atoms with Gasteiger partial charge in [0.25, 0.3) is 0 Å². The fourth-order valence-corrected chi connectivity index (χ4v) is 1.05. The molecule has 11 heavy (non-hydrogen) atoms. The summed E-state index contributed by atoms with van der Waals surface area (Å²) in [6.07, 6.45) is 0. The summed E-state index contributed by atoms with van der Waals surface area (Å²) in [5.41, 5.74) is 5.56. The van der Waals surface area contributed by atoms with Crippen LogP contribution in [-0.2, 0) is 4.74 Å². The highest BCUT2D eigenvalue weighted by Crippen LogP contribution is 2.22. The highest BCUT2D eigenvalue weighted by atomic mass is 79.9. The molecule has 0 bridgehead atoms. The van der Waals surface area contributed by atoms with E-state index in [2.05, 4.69) is 20.7 Å². The Hall–Kier alpha value is -0.970. The van der Waals surface area contributed by atoms with Crippen molar-refractivity contribution in [3.05, 3.63) is 16.3 Å². The number of nitrogen functional groups attached to an aromatic ring is 1. The summed E-state index contributed by atoms with van der Waals surface area (Å²) in [5.74, 6) is -0.444. The average molecular weight is 220 g/mol. The first-order valence-electron chi connectivity index (χ1n) is 2.78. The van der Waals surface area contributed by atoms with E-state index in [1.165, 1.54) is 13.2 Å². The first kappa shape index (κ1) is 8.13. The predicted octanol–water partition coefficient (Wildman–Crippen LogP) is 1.41. The fraction of sp³-hybridized carbons (Fsp3) is 0.167. The third-order valence-corrected chi connectivity index (χ3v) is 1.53. The van der Waals surface area contributed by atoms with E-state index < -0.39 is 5.97 Å². The Morgan fingerprint density at radius 2 is 2.45 bits per heavy atom. The Bertz CT molecular complexity index is 281. The van der Waals surface area contributed by atoms with Crippen LogP contribution >= 0.6 is 15.9 Å². The Morgan fingerprint density at radius 3 is 2.82 bits per heavy atom. The molecule has 0 atom stereocenters. The zero-order valence-electron chi connectivity index (χ0n) is 5.76. The summed E-state index contributed by atoms with van der Waals surface area (Å²) >= 11 is 3.03. The van der Waals surface area contributed by atoms with Crippen LogP contribution in [0.3, 0.4) is 0 Å². The number of esters is 1. The van der Waals surface area contributed by atoms with Gasteiger partial charge in [0, 0.05) is 6.07 Å². The maximum Gasteiger partial charge on any atom is 0.343 e. The average Bonchev–Trinajstić information content (AvgIpc) is 2.28. The first-order chi connectivity index (χ1) is 5.15. The van der Waals surface area contributed by atoms with Crippen molar-refractivity contribution in [2.24, 2.45) is 0 Å². The van der Waals surface area contributed by atoms with Crippen molar-refractivity contribution in [2.75, 3.05) is 12.8 Å². The van der Waals surface area contributed by atoms with Crippen molar-refractivity contribution in [2.45, 2.75) is 0 Å². The molecule has 1 aromatic rings. The van der Waals surface area contributed by atoms with Gasteiger partial charge in [0.05, 0.1) is 7.11 Å². The molecule has 60 valence electrons. The monoisotopic (exact) mass is 219 g/mol. The fourth-order valence-electron chi connectivity index (χ4n) is 0.644. The lowest BCUT2D eigenvalue weighted by molar-refractivity contribution is 0.0601. The van der Waals surface area contributed by atoms with E-state index in [0.29, 0.717) is 4.67 Å². The van der Waals surface area contributed by atoms with Gasteiger partial charge in [-0.2, -0.15) is 0 Å². The van der Waals surface area contributed by atoms with Crippen LogP contribution in [0, 0.1) is 0 Å². The van der Waals surface area contributed by atoms with Crippen molar-refractivity contribution in [1.29, 1.82) is 0 Å². The van der Waals surface area contributed by atoms with Gasteiger partial charge >= 0.3 is 5.97 Å². The molecule has 2 N–H and O–H groups in total. The third-order valence-electron chi connectivity index (χ3n) is 1.14. The van der Waals surface area contributed by atoms with E-state index in [4.69, 9.17) is 10.2 Å². The highest BCUT2D eigenvalue weighted by Gasteiger charge is 2.14. The van der Waals surface area contributed by atoms with Crippen molar-refractivity contribution >= 4 is 27.8 Å². The smallest absolute Gasteiger partial charge is 0.343 e. The molecule has 0 saturated carbocycles. The minimum absolute atomic E-state index is 0.0590. The Kier molecular flexibility index (Phi) is 2.19. The van der Waals surface area contributed by atoms with Gasteiger partial charge in [0.15, 0.2) is 4.67 Å². The molecule has 0 aromatic carbocycles. The van der Waals surface area contributed by atoms with Gasteiger partial charge in [0.1, 0.15) is 5.56 Å². The van der Waals surface area contributed by atoms with Gasteiger partial charge in [-0.1, -0.05) is 0 Å². The van der Waals surface area contributed by atoms with Crippen molar-refractivity contribution in [1.82, 2.24) is 0 Å². The van der Waals surface area contributed by atoms with Crippen molar-refractivity contribution < 1.29 is 13.9 Å².